The van der Waals surface area contributed by atoms with Crippen molar-refractivity contribution in [2.24, 2.45) is 10.8 Å². The van der Waals surface area contributed by atoms with Crippen LogP contribution in [0.15, 0.2) is 36.0 Å². The number of pyridine rings is 1. The van der Waals surface area contributed by atoms with Crippen LogP contribution in [-0.4, -0.2) is 101 Å². The molecule has 0 aromatic carbocycles. The number of anilines is 1. The molecule has 1 amide bonds. The molecule has 9 N–H and O–H groups in total. The van der Waals surface area contributed by atoms with E-state index in [1.54, 1.807) is 0 Å². The zero-order valence-corrected chi connectivity index (χ0v) is 25.2. The molecule has 3 aromatic rings. The minimum Gasteiger partial charge on any atom is -0.756 e. The van der Waals surface area contributed by atoms with Gasteiger partial charge in [-0.1, -0.05) is 0 Å². The van der Waals surface area contributed by atoms with E-state index in [1.165, 1.54) is 29.1 Å². The SMILES string of the molecule is [N-]=[N+]=Nc1nc(N)c2ncn([C@@H]3O[C@H](COP(=O)(O)OP(=O)([O-])OC[C@H]4O[C@@H]([n+]5cccc(C(N)=O)c5)[C@H](O)[C@@H]4O)[C@@H](O)[C@H]3O)c2n1. The van der Waals surface area contributed by atoms with Crippen molar-refractivity contribution in [3.8, 4) is 0 Å². The first kappa shape index (κ1) is 34.6. The third kappa shape index (κ3) is 7.41. The Kier molecular flexibility index (Phi) is 9.89. The first-order chi connectivity index (χ1) is 22.1. The van der Waals surface area contributed by atoms with Crippen LogP contribution in [0.4, 0.5) is 11.8 Å². The second kappa shape index (κ2) is 13.4. The number of fused-ring (bicyclic) bond motifs is 1. The molecule has 3 aromatic heterocycles. The van der Waals surface area contributed by atoms with Gasteiger partial charge >= 0.3 is 7.82 Å². The molecule has 2 aliphatic rings. The number of imidazole rings is 1. The molecule has 0 bridgehead atoms. The fourth-order valence-corrected chi connectivity index (χ4v) is 6.76. The number of nitrogens with zero attached hydrogens (tertiary/aromatic N) is 8. The predicted octanol–water partition coefficient (Wildman–Crippen LogP) is -2.71. The number of azide groups is 1. The zero-order chi connectivity index (χ0) is 34.3. The number of hydrogen-bond donors (Lipinski definition) is 7. The first-order valence-electron chi connectivity index (χ1n) is 13.1. The van der Waals surface area contributed by atoms with Crippen LogP contribution in [-0.2, 0) is 32.0 Å². The van der Waals surface area contributed by atoms with Gasteiger partial charge in [0.1, 0.15) is 41.6 Å². The monoisotopic (exact) mass is 704 g/mol. The summed E-state index contributed by atoms with van der Waals surface area (Å²) in [6.07, 6.45) is -8.82. The topological polar surface area (TPSA) is 370 Å². The Labute approximate surface area is 261 Å². The van der Waals surface area contributed by atoms with Crippen LogP contribution in [0.25, 0.3) is 21.6 Å². The van der Waals surface area contributed by atoms with Crippen molar-refractivity contribution in [2.45, 2.75) is 49.1 Å². The van der Waals surface area contributed by atoms with Gasteiger partial charge in [0.2, 0.25) is 5.95 Å². The largest absolute Gasteiger partial charge is 0.756 e. The maximum Gasteiger partial charge on any atom is 0.478 e. The van der Waals surface area contributed by atoms with Crippen molar-refractivity contribution in [1.29, 1.82) is 0 Å². The van der Waals surface area contributed by atoms with Crippen molar-refractivity contribution in [2.75, 3.05) is 18.9 Å². The average Bonchev–Trinajstić information content (AvgIpc) is 3.64. The average molecular weight is 704 g/mol. The van der Waals surface area contributed by atoms with Crippen LogP contribution < -0.4 is 20.9 Å². The highest BCUT2D eigenvalue weighted by Gasteiger charge is 2.49. The molecule has 26 heteroatoms. The summed E-state index contributed by atoms with van der Waals surface area (Å²) in [5, 5.41) is 45.0. The molecule has 5 heterocycles. The number of aliphatic hydroxyl groups is 4. The number of carbonyl (C=O) groups excluding carboxylic acids is 1. The number of rotatable bonds is 12. The Bertz CT molecular complexity index is 1810. The third-order valence-electron chi connectivity index (χ3n) is 6.92. The number of amides is 1. The van der Waals surface area contributed by atoms with Gasteiger partial charge in [0.15, 0.2) is 36.2 Å². The summed E-state index contributed by atoms with van der Waals surface area (Å²) in [7, 11) is -11.2. The zero-order valence-electron chi connectivity index (χ0n) is 23.5. The lowest BCUT2D eigenvalue weighted by Gasteiger charge is -2.26. The lowest BCUT2D eigenvalue weighted by Crippen LogP contribution is -2.46. The Balaban J connectivity index is 1.18. The lowest BCUT2D eigenvalue weighted by molar-refractivity contribution is -0.765. The molecule has 2 fully saturated rings. The van der Waals surface area contributed by atoms with Gasteiger partial charge in [-0.2, -0.15) is 4.57 Å². The van der Waals surface area contributed by atoms with Crippen LogP contribution in [0.2, 0.25) is 0 Å². The molecule has 2 unspecified atom stereocenters. The molecule has 2 saturated heterocycles. The quantitative estimate of drug-likeness (QED) is 0.0331. The number of hydrogen-bond acceptors (Lipinski definition) is 18. The third-order valence-corrected chi connectivity index (χ3v) is 9.49. The van der Waals surface area contributed by atoms with E-state index in [0.29, 0.717) is 0 Å². The van der Waals surface area contributed by atoms with Crippen molar-refractivity contribution in [3.63, 3.8) is 0 Å². The van der Waals surface area contributed by atoms with E-state index in [2.05, 4.69) is 38.3 Å². The van der Waals surface area contributed by atoms with Crippen molar-refractivity contribution in [3.05, 3.63) is 46.9 Å². The number of phosphoric ester groups is 2. The molecule has 47 heavy (non-hydrogen) atoms. The smallest absolute Gasteiger partial charge is 0.478 e. The maximum atomic E-state index is 12.4. The van der Waals surface area contributed by atoms with Crippen LogP contribution in [0.3, 0.4) is 0 Å². The second-order valence-corrected chi connectivity index (χ2v) is 13.0. The van der Waals surface area contributed by atoms with Crippen LogP contribution >= 0.6 is 15.6 Å². The number of phosphoric acid groups is 2. The van der Waals surface area contributed by atoms with Gasteiger partial charge in [-0.3, -0.25) is 18.5 Å². The molecule has 5 rings (SSSR count). The highest BCUT2D eigenvalue weighted by atomic mass is 31.3. The molecule has 0 aliphatic carbocycles. The van der Waals surface area contributed by atoms with E-state index in [4.69, 9.17) is 26.5 Å². The van der Waals surface area contributed by atoms with Crippen LogP contribution in [0.5, 0.6) is 0 Å². The van der Waals surface area contributed by atoms with E-state index in [-0.39, 0.29) is 28.5 Å². The number of ether oxygens (including phenoxy) is 2. The van der Waals surface area contributed by atoms with E-state index in [9.17, 15) is 44.1 Å². The van der Waals surface area contributed by atoms with Crippen molar-refractivity contribution >= 4 is 44.5 Å². The Morgan fingerprint density at radius 3 is 2.51 bits per heavy atom. The number of primary amides is 1. The highest BCUT2D eigenvalue weighted by Crippen LogP contribution is 2.58. The maximum absolute atomic E-state index is 12.4. The summed E-state index contributed by atoms with van der Waals surface area (Å²) in [5.74, 6) is -1.34. The van der Waals surface area contributed by atoms with Crippen molar-refractivity contribution < 1.29 is 71.5 Å². The molecular formula is C21H26N10O14P2. The minimum absolute atomic E-state index is 0.0305. The van der Waals surface area contributed by atoms with Gasteiger partial charge in [0.05, 0.1) is 19.5 Å². The predicted molar refractivity (Wildman–Crippen MR) is 146 cm³/mol. The van der Waals surface area contributed by atoms with E-state index in [1.807, 2.05) is 0 Å². The van der Waals surface area contributed by atoms with Gasteiger partial charge < -0.3 is 55.7 Å². The summed E-state index contributed by atoms with van der Waals surface area (Å²) >= 11 is 0. The molecule has 10 atom stereocenters. The first-order valence-corrected chi connectivity index (χ1v) is 16.1. The lowest BCUT2D eigenvalue weighted by atomic mass is 10.1. The summed E-state index contributed by atoms with van der Waals surface area (Å²) in [6, 6.07) is 2.80. The Morgan fingerprint density at radius 2 is 1.81 bits per heavy atom. The second-order valence-electron chi connectivity index (χ2n) is 10.0. The normalized spacial score (nSPS) is 30.1. The molecule has 254 valence electrons. The number of carbonyl (C=O) groups is 1. The van der Waals surface area contributed by atoms with E-state index < -0.39 is 83.8 Å². The van der Waals surface area contributed by atoms with Gasteiger partial charge in [-0.15, -0.1) is 0 Å². The van der Waals surface area contributed by atoms with Gasteiger partial charge in [-0.05, 0) is 16.7 Å². The fraction of sp³-hybridized carbons (Fsp3) is 0.476. The fourth-order valence-electron chi connectivity index (χ4n) is 4.71. The summed E-state index contributed by atoms with van der Waals surface area (Å²) < 4.78 is 51.5. The van der Waals surface area contributed by atoms with E-state index in [0.717, 1.165) is 10.9 Å². The molecule has 0 saturated carbocycles. The summed E-state index contributed by atoms with van der Waals surface area (Å²) in [4.78, 5) is 48.1. The number of nitrogen functional groups attached to an aromatic ring is 1. The van der Waals surface area contributed by atoms with Gasteiger partial charge in [0.25, 0.3) is 20.0 Å². The van der Waals surface area contributed by atoms with Gasteiger partial charge in [-0.25, -0.2) is 23.8 Å². The molecule has 0 spiro atoms. The Hall–Kier alpha value is -3.70. The number of nitrogens with two attached hydrogens (primary N) is 2. The van der Waals surface area contributed by atoms with E-state index >= 15 is 0 Å². The molecule has 2 aliphatic heterocycles. The van der Waals surface area contributed by atoms with Crippen LogP contribution in [0.1, 0.15) is 22.8 Å². The Morgan fingerprint density at radius 1 is 1.13 bits per heavy atom. The van der Waals surface area contributed by atoms with Gasteiger partial charge in [0, 0.05) is 11.0 Å². The minimum atomic E-state index is -5.66. The highest BCUT2D eigenvalue weighted by molar-refractivity contribution is 7.60. The molecular weight excluding hydrogens is 678 g/mol. The molecule has 0 radical (unpaired) electrons. The summed E-state index contributed by atoms with van der Waals surface area (Å²) in [5.41, 5.74) is 19.7. The van der Waals surface area contributed by atoms with Crippen LogP contribution in [0, 0.1) is 0 Å². The summed E-state index contributed by atoms with van der Waals surface area (Å²) in [6.45, 7) is -1.98. The standard InChI is InChI=1S/C21H26N10O14P2/c22-16-11-18(27-21(26-16)28-29-24)31(7-25-11)20-15(35)13(33)10(44-20)6-42-47(39,40)45-46(37,38)41-5-9-12(32)14(34)19(43-9)30-3-1-2-8(4-30)17(23)36/h1-4,7,9-10,12-15,19-20,32-35H,5-6H2,(H5-,22,23,26,27,36,37,38,39,40)/t9-,10-,12-,13-,14-,15-,19-,20-/m1/s1. The number of aromatic nitrogens is 5. The number of aliphatic hydroxyl groups excluding tert-OH is 4. The van der Waals surface area contributed by atoms with Crippen molar-refractivity contribution in [1.82, 2.24) is 19.5 Å². The molecule has 24 nitrogen and oxygen atoms in total.